The number of aliphatic hydroxyl groups excluding tert-OH is 1. The normalized spacial score (nSPS) is 17.7. The van der Waals surface area contributed by atoms with E-state index in [1.165, 1.54) is 17.0 Å². The van der Waals surface area contributed by atoms with Gasteiger partial charge in [0, 0.05) is 30.3 Å². The molecule has 2 rings (SSSR count). The monoisotopic (exact) mass is 388 g/mol. The van der Waals surface area contributed by atoms with Crippen LogP contribution >= 0.6 is 0 Å². The number of likely N-dealkylation sites (tertiary alicyclic amines) is 1. The minimum absolute atomic E-state index is 0.0224. The van der Waals surface area contributed by atoms with Crippen molar-refractivity contribution < 1.29 is 28.0 Å². The minimum atomic E-state index is -4.68. The van der Waals surface area contributed by atoms with Crippen molar-refractivity contribution in [3.63, 3.8) is 0 Å². The van der Waals surface area contributed by atoms with E-state index < -0.39 is 34.4 Å². The highest BCUT2D eigenvalue weighted by Crippen LogP contribution is 2.34. The number of hydrogen-bond acceptors (Lipinski definition) is 4. The molecule has 1 unspecified atom stereocenters. The third-order valence-corrected chi connectivity index (χ3v) is 4.86. The fraction of sp³-hybridized carbons (Fsp3) is 0.611. The van der Waals surface area contributed by atoms with E-state index in [0.717, 1.165) is 0 Å². The maximum atomic E-state index is 12.6. The molecule has 0 radical (unpaired) electrons. The average molecular weight is 388 g/mol. The van der Waals surface area contributed by atoms with Gasteiger partial charge in [-0.3, -0.25) is 14.9 Å². The Morgan fingerprint density at radius 2 is 1.81 bits per heavy atom. The van der Waals surface area contributed by atoms with Crippen LogP contribution in [0.4, 0.5) is 18.9 Å². The minimum Gasteiger partial charge on any atom is -0.383 e. The molecule has 6 nitrogen and oxygen atoms in total. The molecule has 0 spiro atoms. The van der Waals surface area contributed by atoms with Crippen molar-refractivity contribution in [2.24, 2.45) is 5.92 Å². The standard InChI is InChI=1S/C18H23F3N2O4/c1-17(2,3)13-5-4-12(10-14(13)23(26)27)16(25)22-8-6-11(7-9-22)15(24)18(19,20)21/h4-5,10-11,15,24H,6-9H2,1-3H3. The van der Waals surface area contributed by atoms with Crippen molar-refractivity contribution in [2.75, 3.05) is 13.1 Å². The maximum absolute atomic E-state index is 12.6. The van der Waals surface area contributed by atoms with Gasteiger partial charge in [0.25, 0.3) is 11.6 Å². The summed E-state index contributed by atoms with van der Waals surface area (Å²) in [6.07, 6.45) is -7.04. The number of hydrogen-bond donors (Lipinski definition) is 1. The summed E-state index contributed by atoms with van der Waals surface area (Å²) in [7, 11) is 0. The largest absolute Gasteiger partial charge is 0.414 e. The van der Waals surface area contributed by atoms with Gasteiger partial charge >= 0.3 is 6.18 Å². The van der Waals surface area contributed by atoms with Gasteiger partial charge in [0.05, 0.1) is 4.92 Å². The Bertz CT molecular complexity index is 720. The van der Waals surface area contributed by atoms with Crippen LogP contribution in [0.15, 0.2) is 18.2 Å². The summed E-state index contributed by atoms with van der Waals surface area (Å²) < 4.78 is 37.8. The molecule has 150 valence electrons. The molecule has 1 aliphatic rings. The third kappa shape index (κ3) is 4.77. The second kappa shape index (κ2) is 7.46. The van der Waals surface area contributed by atoms with E-state index in [1.807, 2.05) is 20.8 Å². The molecular weight excluding hydrogens is 365 g/mol. The van der Waals surface area contributed by atoms with Gasteiger partial charge in [-0.2, -0.15) is 13.2 Å². The fourth-order valence-corrected chi connectivity index (χ4v) is 3.32. The molecule has 1 N–H and O–H groups in total. The van der Waals surface area contributed by atoms with Crippen LogP contribution in [0.3, 0.4) is 0 Å². The Kier molecular flexibility index (Phi) is 5.84. The molecule has 1 heterocycles. The Hall–Kier alpha value is -2.16. The molecule has 1 aliphatic heterocycles. The third-order valence-electron chi connectivity index (χ3n) is 4.86. The number of benzene rings is 1. The Balaban J connectivity index is 2.15. The van der Waals surface area contributed by atoms with Crippen LogP contribution in [0.25, 0.3) is 0 Å². The predicted octanol–water partition coefficient (Wildman–Crippen LogP) is 3.67. The summed E-state index contributed by atoms with van der Waals surface area (Å²) in [6.45, 7) is 5.60. The molecule has 27 heavy (non-hydrogen) atoms. The van der Waals surface area contributed by atoms with Gasteiger partial charge in [0.1, 0.15) is 0 Å². The fourth-order valence-electron chi connectivity index (χ4n) is 3.32. The Labute approximate surface area is 155 Å². The van der Waals surface area contributed by atoms with Gasteiger partial charge in [-0.15, -0.1) is 0 Å². The molecule has 0 bridgehead atoms. The van der Waals surface area contributed by atoms with Gasteiger partial charge in [-0.25, -0.2) is 0 Å². The first kappa shape index (κ1) is 21.1. The van der Waals surface area contributed by atoms with E-state index >= 15 is 0 Å². The van der Waals surface area contributed by atoms with Crippen molar-refractivity contribution in [3.8, 4) is 0 Å². The highest BCUT2D eigenvalue weighted by atomic mass is 19.4. The van der Waals surface area contributed by atoms with Gasteiger partial charge in [0.2, 0.25) is 0 Å². The molecule has 1 atom stereocenters. The zero-order valence-corrected chi connectivity index (χ0v) is 15.4. The molecule has 0 aromatic heterocycles. The SMILES string of the molecule is CC(C)(C)c1ccc(C(=O)N2CCC(C(O)C(F)(F)F)CC2)cc1[N+](=O)[O-]. The van der Waals surface area contributed by atoms with Crippen LogP contribution < -0.4 is 0 Å². The predicted molar refractivity (Wildman–Crippen MR) is 92.5 cm³/mol. The summed E-state index contributed by atoms with van der Waals surface area (Å²) in [6, 6.07) is 4.28. The van der Waals surface area contributed by atoms with Gasteiger partial charge in [-0.05, 0) is 30.2 Å². The molecule has 0 saturated carbocycles. The first-order chi connectivity index (χ1) is 12.3. The van der Waals surface area contributed by atoms with Crippen molar-refractivity contribution in [1.29, 1.82) is 0 Å². The summed E-state index contributed by atoms with van der Waals surface area (Å²) in [4.78, 5) is 24.8. The zero-order chi connectivity index (χ0) is 20.6. The van der Waals surface area contributed by atoms with Crippen LogP contribution in [0.2, 0.25) is 0 Å². The summed E-state index contributed by atoms with van der Waals surface area (Å²) in [5.74, 6) is -1.41. The van der Waals surface area contributed by atoms with Gasteiger partial charge < -0.3 is 10.0 Å². The van der Waals surface area contributed by atoms with Crippen LogP contribution in [0.1, 0.15) is 49.5 Å². The number of piperidine rings is 1. The van der Waals surface area contributed by atoms with Crippen molar-refractivity contribution in [1.82, 2.24) is 4.90 Å². The van der Waals surface area contributed by atoms with Crippen LogP contribution in [-0.2, 0) is 5.41 Å². The first-order valence-corrected chi connectivity index (χ1v) is 8.65. The van der Waals surface area contributed by atoms with Gasteiger partial charge in [0.15, 0.2) is 6.10 Å². The lowest BCUT2D eigenvalue weighted by atomic mass is 9.85. The molecule has 0 aliphatic carbocycles. The lowest BCUT2D eigenvalue weighted by Gasteiger charge is -2.34. The number of carbonyl (C=O) groups excluding carboxylic acids is 1. The molecule has 1 fully saturated rings. The number of rotatable bonds is 3. The maximum Gasteiger partial charge on any atom is 0.414 e. The summed E-state index contributed by atoms with van der Waals surface area (Å²) in [5, 5.41) is 20.7. The van der Waals surface area contributed by atoms with E-state index in [4.69, 9.17) is 0 Å². The quantitative estimate of drug-likeness (QED) is 0.633. The highest BCUT2D eigenvalue weighted by Gasteiger charge is 2.44. The van der Waals surface area contributed by atoms with E-state index in [9.17, 15) is 33.2 Å². The number of aliphatic hydroxyl groups is 1. The number of amides is 1. The Morgan fingerprint density at radius 1 is 1.26 bits per heavy atom. The molecular formula is C18H23F3N2O4. The number of nitro groups is 1. The van der Waals surface area contributed by atoms with E-state index in [1.54, 1.807) is 6.07 Å². The van der Waals surface area contributed by atoms with Crippen LogP contribution in [0, 0.1) is 16.0 Å². The molecule has 1 amide bonds. The van der Waals surface area contributed by atoms with Crippen molar-refractivity contribution in [3.05, 3.63) is 39.4 Å². The topological polar surface area (TPSA) is 83.7 Å². The number of halogens is 3. The van der Waals surface area contributed by atoms with Crippen LogP contribution in [-0.4, -0.2) is 46.2 Å². The summed E-state index contributed by atoms with van der Waals surface area (Å²) in [5.41, 5.74) is -0.00733. The second-order valence-corrected chi connectivity index (χ2v) is 7.86. The average Bonchev–Trinajstić information content (AvgIpc) is 2.58. The van der Waals surface area contributed by atoms with E-state index in [-0.39, 0.29) is 37.2 Å². The lowest BCUT2D eigenvalue weighted by Crippen LogP contribution is -2.45. The van der Waals surface area contributed by atoms with E-state index in [2.05, 4.69) is 0 Å². The van der Waals surface area contributed by atoms with Crippen molar-refractivity contribution in [2.45, 2.75) is 51.3 Å². The smallest absolute Gasteiger partial charge is 0.383 e. The second-order valence-electron chi connectivity index (χ2n) is 7.86. The number of nitrogens with zero attached hydrogens (tertiary/aromatic N) is 2. The van der Waals surface area contributed by atoms with E-state index in [0.29, 0.717) is 5.56 Å². The first-order valence-electron chi connectivity index (χ1n) is 8.65. The molecule has 1 saturated heterocycles. The lowest BCUT2D eigenvalue weighted by molar-refractivity contribution is -0.386. The number of nitro benzene ring substituents is 1. The number of alkyl halides is 3. The molecule has 9 heteroatoms. The van der Waals surface area contributed by atoms with Crippen molar-refractivity contribution >= 4 is 11.6 Å². The molecule has 1 aromatic carbocycles. The number of carbonyl (C=O) groups is 1. The summed E-state index contributed by atoms with van der Waals surface area (Å²) >= 11 is 0. The highest BCUT2D eigenvalue weighted by molar-refractivity contribution is 5.95. The van der Waals surface area contributed by atoms with Gasteiger partial charge in [-0.1, -0.05) is 26.8 Å². The van der Waals surface area contributed by atoms with Crippen LogP contribution in [0.5, 0.6) is 0 Å². The Morgan fingerprint density at radius 3 is 2.26 bits per heavy atom. The zero-order valence-electron chi connectivity index (χ0n) is 15.4. The molecule has 1 aromatic rings.